The minimum Gasteiger partial charge on any atom is -0.469 e. The van der Waals surface area contributed by atoms with E-state index < -0.39 is 0 Å². The Labute approximate surface area is 127 Å². The summed E-state index contributed by atoms with van der Waals surface area (Å²) in [7, 11) is 1.36. The fraction of sp³-hybridized carbons (Fsp3) is 0.188. The number of carbonyl (C=O) groups excluding carboxylic acids is 1. The first-order valence-corrected chi connectivity index (χ1v) is 6.80. The van der Waals surface area contributed by atoms with Crippen molar-refractivity contribution in [1.82, 2.24) is 0 Å². The number of carbonyl (C=O) groups is 1. The molecule has 0 aliphatic rings. The van der Waals surface area contributed by atoms with Gasteiger partial charge in [-0.15, -0.1) is 0 Å². The number of halogens is 2. The summed E-state index contributed by atoms with van der Waals surface area (Å²) < 4.78 is 17.7. The Bertz CT molecular complexity index is 646. The number of methoxy groups -OCH3 is 1. The van der Waals surface area contributed by atoms with Gasteiger partial charge < -0.3 is 10.1 Å². The monoisotopic (exact) mass is 307 g/mol. The fourth-order valence-corrected chi connectivity index (χ4v) is 2.19. The second-order valence-electron chi connectivity index (χ2n) is 4.50. The number of rotatable bonds is 5. The normalized spacial score (nSPS) is 10.2. The highest BCUT2D eigenvalue weighted by atomic mass is 35.5. The molecule has 0 radical (unpaired) electrons. The Morgan fingerprint density at radius 1 is 1.24 bits per heavy atom. The topological polar surface area (TPSA) is 38.3 Å². The van der Waals surface area contributed by atoms with Crippen LogP contribution in [0.1, 0.15) is 11.1 Å². The van der Waals surface area contributed by atoms with Crippen molar-refractivity contribution in [3.63, 3.8) is 0 Å². The first-order valence-electron chi connectivity index (χ1n) is 6.42. The summed E-state index contributed by atoms with van der Waals surface area (Å²) in [5, 5.41) is 3.46. The second kappa shape index (κ2) is 7.09. The van der Waals surface area contributed by atoms with E-state index in [1.807, 2.05) is 24.3 Å². The van der Waals surface area contributed by atoms with Gasteiger partial charge >= 0.3 is 5.97 Å². The smallest absolute Gasteiger partial charge is 0.309 e. The van der Waals surface area contributed by atoms with Gasteiger partial charge in [0.2, 0.25) is 0 Å². The van der Waals surface area contributed by atoms with Crippen molar-refractivity contribution in [2.45, 2.75) is 13.0 Å². The maximum absolute atomic E-state index is 13.0. The first-order chi connectivity index (χ1) is 10.1. The van der Waals surface area contributed by atoms with Crippen LogP contribution in [0.3, 0.4) is 0 Å². The Hall–Kier alpha value is -2.07. The first kappa shape index (κ1) is 15.3. The molecule has 0 atom stereocenters. The van der Waals surface area contributed by atoms with E-state index in [1.54, 1.807) is 6.07 Å². The molecule has 2 rings (SSSR count). The van der Waals surface area contributed by atoms with E-state index in [-0.39, 0.29) is 18.2 Å². The number of ether oxygens (including phenoxy) is 1. The molecular weight excluding hydrogens is 293 g/mol. The van der Waals surface area contributed by atoms with Crippen LogP contribution in [-0.4, -0.2) is 13.1 Å². The van der Waals surface area contributed by atoms with Gasteiger partial charge in [-0.1, -0.05) is 35.9 Å². The zero-order chi connectivity index (χ0) is 15.2. The van der Waals surface area contributed by atoms with Gasteiger partial charge in [0, 0.05) is 6.54 Å². The molecule has 0 amide bonds. The molecule has 1 N–H and O–H groups in total. The van der Waals surface area contributed by atoms with E-state index >= 15 is 0 Å². The van der Waals surface area contributed by atoms with E-state index in [0.29, 0.717) is 17.3 Å². The van der Waals surface area contributed by atoms with Crippen LogP contribution in [0.5, 0.6) is 0 Å². The molecule has 21 heavy (non-hydrogen) atoms. The van der Waals surface area contributed by atoms with Crippen molar-refractivity contribution in [2.24, 2.45) is 0 Å². The van der Waals surface area contributed by atoms with E-state index in [4.69, 9.17) is 11.6 Å². The number of hydrogen-bond acceptors (Lipinski definition) is 3. The fourth-order valence-electron chi connectivity index (χ4n) is 1.95. The zero-order valence-corrected chi connectivity index (χ0v) is 12.3. The lowest BCUT2D eigenvalue weighted by molar-refractivity contribution is -0.139. The van der Waals surface area contributed by atoms with Crippen molar-refractivity contribution >= 4 is 23.3 Å². The van der Waals surface area contributed by atoms with Crippen molar-refractivity contribution in [2.75, 3.05) is 12.4 Å². The zero-order valence-electron chi connectivity index (χ0n) is 11.5. The molecule has 0 fully saturated rings. The van der Waals surface area contributed by atoms with E-state index in [1.165, 1.54) is 19.2 Å². The Morgan fingerprint density at radius 2 is 1.95 bits per heavy atom. The summed E-state index contributed by atoms with van der Waals surface area (Å²) >= 11 is 5.97. The maximum Gasteiger partial charge on any atom is 0.309 e. The highest BCUT2D eigenvalue weighted by Gasteiger charge is 2.08. The third-order valence-electron chi connectivity index (χ3n) is 3.08. The van der Waals surface area contributed by atoms with Crippen LogP contribution in [0.4, 0.5) is 10.1 Å². The van der Waals surface area contributed by atoms with Gasteiger partial charge in [-0.3, -0.25) is 4.79 Å². The molecule has 110 valence electrons. The Kier molecular flexibility index (Phi) is 5.17. The lowest BCUT2D eigenvalue weighted by Crippen LogP contribution is -2.09. The molecular formula is C16H15ClFNO2. The molecule has 2 aromatic rings. The van der Waals surface area contributed by atoms with Crippen LogP contribution in [0.15, 0.2) is 42.5 Å². The predicted octanol–water partition coefficient (Wildman–Crippen LogP) is 3.81. The number of nitrogens with one attached hydrogen (secondary N) is 1. The van der Waals surface area contributed by atoms with Crippen LogP contribution < -0.4 is 5.32 Å². The van der Waals surface area contributed by atoms with Gasteiger partial charge in [0.05, 0.1) is 24.2 Å². The predicted molar refractivity (Wildman–Crippen MR) is 80.9 cm³/mol. The highest BCUT2D eigenvalue weighted by Crippen LogP contribution is 2.23. The third-order valence-corrected chi connectivity index (χ3v) is 3.39. The summed E-state index contributed by atoms with van der Waals surface area (Å²) in [6, 6.07) is 11.7. The summed E-state index contributed by atoms with van der Waals surface area (Å²) in [6.45, 7) is 0.485. The lowest BCUT2D eigenvalue weighted by Gasteiger charge is -2.12. The number of benzene rings is 2. The van der Waals surface area contributed by atoms with Crippen molar-refractivity contribution in [1.29, 1.82) is 0 Å². The summed E-state index contributed by atoms with van der Waals surface area (Å²) in [6.07, 6.45) is 0.214. The van der Waals surface area contributed by atoms with Gasteiger partial charge in [0.15, 0.2) is 0 Å². The molecule has 0 aromatic heterocycles. The molecule has 0 saturated carbocycles. The molecule has 5 heteroatoms. The van der Waals surface area contributed by atoms with Crippen LogP contribution >= 0.6 is 11.6 Å². The molecule has 0 bridgehead atoms. The minimum absolute atomic E-state index is 0.214. The lowest BCUT2D eigenvalue weighted by atomic mass is 10.0. The van der Waals surface area contributed by atoms with Crippen LogP contribution in [-0.2, 0) is 22.5 Å². The molecule has 0 aliphatic heterocycles. The number of esters is 1. The van der Waals surface area contributed by atoms with Gasteiger partial charge in [-0.25, -0.2) is 4.39 Å². The van der Waals surface area contributed by atoms with Crippen LogP contribution in [0.2, 0.25) is 5.02 Å². The molecule has 3 nitrogen and oxygen atoms in total. The quantitative estimate of drug-likeness (QED) is 0.854. The number of anilines is 1. The number of hydrogen-bond donors (Lipinski definition) is 1. The van der Waals surface area contributed by atoms with Crippen molar-refractivity contribution < 1.29 is 13.9 Å². The van der Waals surface area contributed by atoms with Crippen LogP contribution in [0.25, 0.3) is 0 Å². The molecule has 2 aromatic carbocycles. The van der Waals surface area contributed by atoms with Gasteiger partial charge in [0.25, 0.3) is 0 Å². The van der Waals surface area contributed by atoms with E-state index in [0.717, 1.165) is 11.1 Å². The molecule has 0 unspecified atom stereocenters. The molecule has 0 spiro atoms. The second-order valence-corrected chi connectivity index (χ2v) is 4.91. The van der Waals surface area contributed by atoms with Crippen molar-refractivity contribution in [3.8, 4) is 0 Å². The average molecular weight is 308 g/mol. The SMILES string of the molecule is COC(=O)Cc1ccccc1CNc1ccc(F)cc1Cl. The minimum atomic E-state index is -0.378. The Balaban J connectivity index is 2.11. The summed E-state index contributed by atoms with van der Waals surface area (Å²) in [4.78, 5) is 11.4. The Morgan fingerprint density at radius 3 is 2.62 bits per heavy atom. The third kappa shape index (κ3) is 4.20. The van der Waals surface area contributed by atoms with E-state index in [9.17, 15) is 9.18 Å². The van der Waals surface area contributed by atoms with Gasteiger partial charge in [-0.2, -0.15) is 0 Å². The van der Waals surface area contributed by atoms with Crippen molar-refractivity contribution in [3.05, 3.63) is 64.4 Å². The van der Waals surface area contributed by atoms with E-state index in [2.05, 4.69) is 10.1 Å². The standard InChI is InChI=1S/C16H15ClFNO2/c1-21-16(20)8-11-4-2-3-5-12(11)10-19-15-7-6-13(18)9-14(15)17/h2-7,9,19H,8,10H2,1H3. The molecule has 0 saturated heterocycles. The summed E-state index contributed by atoms with van der Waals surface area (Å²) in [5.41, 5.74) is 2.49. The summed E-state index contributed by atoms with van der Waals surface area (Å²) in [5.74, 6) is -0.668. The highest BCUT2D eigenvalue weighted by molar-refractivity contribution is 6.33. The average Bonchev–Trinajstić information content (AvgIpc) is 2.47. The van der Waals surface area contributed by atoms with Gasteiger partial charge in [-0.05, 0) is 29.3 Å². The molecule has 0 heterocycles. The van der Waals surface area contributed by atoms with Crippen LogP contribution in [0, 0.1) is 5.82 Å². The van der Waals surface area contributed by atoms with Gasteiger partial charge in [0.1, 0.15) is 5.82 Å². The maximum atomic E-state index is 13.0. The largest absolute Gasteiger partial charge is 0.469 e. The molecule has 0 aliphatic carbocycles.